The van der Waals surface area contributed by atoms with Gasteiger partial charge in [-0.15, -0.1) is 0 Å². The van der Waals surface area contributed by atoms with Gasteiger partial charge in [0.05, 0.1) is 0 Å². The fraction of sp³-hybridized carbons (Fsp3) is 0.0556. The first kappa shape index (κ1) is 13.6. The van der Waals surface area contributed by atoms with E-state index in [0.29, 0.717) is 11.6 Å². The van der Waals surface area contributed by atoms with Crippen LogP contribution in [0.3, 0.4) is 0 Å². The Labute approximate surface area is 129 Å². The van der Waals surface area contributed by atoms with E-state index < -0.39 is 0 Å². The van der Waals surface area contributed by atoms with Crippen LogP contribution >= 0.6 is 12.2 Å². The van der Waals surface area contributed by atoms with E-state index in [1.807, 2.05) is 48.5 Å². The van der Waals surface area contributed by atoms with Crippen molar-refractivity contribution in [2.75, 3.05) is 0 Å². The smallest absolute Gasteiger partial charge is 0.127 e. The maximum atomic E-state index is 5.98. The molecule has 0 saturated heterocycles. The van der Waals surface area contributed by atoms with Gasteiger partial charge in [-0.25, -0.2) is 0 Å². The molecule has 3 aromatic rings. The number of hydrogen-bond acceptors (Lipinski definition) is 2. The minimum absolute atomic E-state index is 0.395. The number of benzene rings is 3. The molecule has 3 rings (SSSR count). The maximum Gasteiger partial charge on any atom is 0.127 e. The predicted octanol–water partition coefficient (Wildman–Crippen LogP) is 4.05. The standard InChI is InChI=1S/C18H15NOS/c19-18(21)16-10-4-2-7-14(16)12-20-17-11-5-8-13-6-1-3-9-15(13)17/h1-11H,12H2,(H2,19,21). The van der Waals surface area contributed by atoms with Gasteiger partial charge in [-0.05, 0) is 17.0 Å². The normalized spacial score (nSPS) is 10.5. The number of rotatable bonds is 4. The maximum absolute atomic E-state index is 5.98. The molecule has 3 heteroatoms. The highest BCUT2D eigenvalue weighted by Crippen LogP contribution is 2.26. The molecule has 0 fully saturated rings. The summed E-state index contributed by atoms with van der Waals surface area (Å²) in [5, 5.41) is 2.27. The number of hydrogen-bond donors (Lipinski definition) is 1. The lowest BCUT2D eigenvalue weighted by molar-refractivity contribution is 0.310. The summed E-state index contributed by atoms with van der Waals surface area (Å²) in [7, 11) is 0. The van der Waals surface area contributed by atoms with E-state index in [9.17, 15) is 0 Å². The van der Waals surface area contributed by atoms with Gasteiger partial charge >= 0.3 is 0 Å². The van der Waals surface area contributed by atoms with Crippen LogP contribution in [-0.4, -0.2) is 4.99 Å². The van der Waals surface area contributed by atoms with Crippen molar-refractivity contribution in [3.05, 3.63) is 77.9 Å². The molecule has 0 radical (unpaired) electrons. The lowest BCUT2D eigenvalue weighted by atomic mass is 10.1. The number of nitrogens with two attached hydrogens (primary N) is 1. The van der Waals surface area contributed by atoms with E-state index in [-0.39, 0.29) is 0 Å². The van der Waals surface area contributed by atoms with Gasteiger partial charge in [-0.2, -0.15) is 0 Å². The van der Waals surface area contributed by atoms with Crippen LogP contribution in [0, 0.1) is 0 Å². The molecule has 2 N–H and O–H groups in total. The van der Waals surface area contributed by atoms with Crippen molar-refractivity contribution in [1.82, 2.24) is 0 Å². The van der Waals surface area contributed by atoms with Gasteiger partial charge in [-0.1, -0.05) is 72.9 Å². The molecule has 0 unspecified atom stereocenters. The van der Waals surface area contributed by atoms with Gasteiger partial charge in [0, 0.05) is 10.9 Å². The molecule has 0 aliphatic heterocycles. The highest BCUT2D eigenvalue weighted by molar-refractivity contribution is 7.80. The molecule has 21 heavy (non-hydrogen) atoms. The van der Waals surface area contributed by atoms with E-state index in [1.54, 1.807) is 0 Å². The molecule has 0 aromatic heterocycles. The van der Waals surface area contributed by atoms with Crippen molar-refractivity contribution in [1.29, 1.82) is 0 Å². The number of ether oxygens (including phenoxy) is 1. The molecule has 0 spiro atoms. The van der Waals surface area contributed by atoms with Gasteiger partial charge in [-0.3, -0.25) is 0 Å². The summed E-state index contributed by atoms with van der Waals surface area (Å²) in [6, 6.07) is 22.0. The summed E-state index contributed by atoms with van der Waals surface area (Å²) in [4.78, 5) is 0.395. The van der Waals surface area contributed by atoms with Crippen LogP contribution in [-0.2, 0) is 6.61 Å². The minimum atomic E-state index is 0.395. The van der Waals surface area contributed by atoms with Crippen LogP contribution < -0.4 is 10.5 Å². The lowest BCUT2D eigenvalue weighted by Gasteiger charge is -2.12. The number of thiocarbonyl (C=S) groups is 1. The third-order valence-electron chi connectivity index (χ3n) is 3.42. The van der Waals surface area contributed by atoms with Gasteiger partial charge in [0.1, 0.15) is 17.3 Å². The Hall–Kier alpha value is -2.39. The summed E-state index contributed by atoms with van der Waals surface area (Å²) >= 11 is 5.08. The summed E-state index contributed by atoms with van der Waals surface area (Å²) in [5.74, 6) is 0.867. The monoisotopic (exact) mass is 293 g/mol. The zero-order chi connectivity index (χ0) is 14.7. The molecule has 0 bridgehead atoms. The van der Waals surface area contributed by atoms with E-state index in [1.165, 1.54) is 0 Å². The Balaban J connectivity index is 1.89. The Kier molecular flexibility index (Phi) is 3.84. The van der Waals surface area contributed by atoms with Crippen molar-refractivity contribution in [3.63, 3.8) is 0 Å². The van der Waals surface area contributed by atoms with E-state index >= 15 is 0 Å². The highest BCUT2D eigenvalue weighted by Gasteiger charge is 2.06. The average Bonchev–Trinajstić information content (AvgIpc) is 2.53. The highest BCUT2D eigenvalue weighted by atomic mass is 32.1. The summed E-state index contributed by atoms with van der Waals surface area (Å²) < 4.78 is 5.98. The quantitative estimate of drug-likeness (QED) is 0.737. The molecule has 0 aliphatic rings. The zero-order valence-electron chi connectivity index (χ0n) is 11.5. The summed E-state index contributed by atoms with van der Waals surface area (Å²) in [5.41, 5.74) is 7.62. The molecule has 0 amide bonds. The first-order valence-corrected chi connectivity index (χ1v) is 7.15. The van der Waals surface area contributed by atoms with Crippen molar-refractivity contribution in [2.24, 2.45) is 5.73 Å². The van der Waals surface area contributed by atoms with E-state index in [4.69, 9.17) is 22.7 Å². The third kappa shape index (κ3) is 2.88. The topological polar surface area (TPSA) is 35.2 Å². The van der Waals surface area contributed by atoms with Gasteiger partial charge in [0.2, 0.25) is 0 Å². The fourth-order valence-corrected chi connectivity index (χ4v) is 2.56. The largest absolute Gasteiger partial charge is 0.488 e. The second kappa shape index (κ2) is 5.94. The molecular formula is C18H15NOS. The van der Waals surface area contributed by atoms with Gasteiger partial charge in [0.25, 0.3) is 0 Å². The van der Waals surface area contributed by atoms with Crippen LogP contribution in [0.25, 0.3) is 10.8 Å². The molecular weight excluding hydrogens is 278 g/mol. The summed E-state index contributed by atoms with van der Waals surface area (Å²) in [6.45, 7) is 0.446. The van der Waals surface area contributed by atoms with Crippen LogP contribution in [0.5, 0.6) is 5.75 Å². The Morgan fingerprint density at radius 3 is 2.48 bits per heavy atom. The van der Waals surface area contributed by atoms with Crippen LogP contribution in [0.1, 0.15) is 11.1 Å². The third-order valence-corrected chi connectivity index (χ3v) is 3.64. The van der Waals surface area contributed by atoms with Crippen LogP contribution in [0.2, 0.25) is 0 Å². The van der Waals surface area contributed by atoms with Gasteiger partial charge in [0.15, 0.2) is 0 Å². The molecule has 104 valence electrons. The van der Waals surface area contributed by atoms with Crippen molar-refractivity contribution < 1.29 is 4.74 Å². The van der Waals surface area contributed by atoms with Gasteiger partial charge < -0.3 is 10.5 Å². The minimum Gasteiger partial charge on any atom is -0.488 e. The van der Waals surface area contributed by atoms with Crippen molar-refractivity contribution >= 4 is 28.0 Å². The average molecular weight is 293 g/mol. The number of fused-ring (bicyclic) bond motifs is 1. The Bertz CT molecular complexity index is 793. The first-order valence-electron chi connectivity index (χ1n) is 6.74. The lowest BCUT2D eigenvalue weighted by Crippen LogP contribution is -2.13. The Morgan fingerprint density at radius 1 is 0.905 bits per heavy atom. The molecule has 2 nitrogen and oxygen atoms in total. The van der Waals surface area contributed by atoms with E-state index in [0.717, 1.165) is 27.6 Å². The second-order valence-electron chi connectivity index (χ2n) is 4.79. The van der Waals surface area contributed by atoms with Crippen molar-refractivity contribution in [3.8, 4) is 5.75 Å². The molecule has 0 saturated carbocycles. The van der Waals surface area contributed by atoms with E-state index in [2.05, 4.69) is 18.2 Å². The fourth-order valence-electron chi connectivity index (χ4n) is 2.36. The SMILES string of the molecule is NC(=S)c1ccccc1COc1cccc2ccccc12. The first-order chi connectivity index (χ1) is 10.3. The molecule has 3 aromatic carbocycles. The second-order valence-corrected chi connectivity index (χ2v) is 5.23. The molecule has 0 heterocycles. The van der Waals surface area contributed by atoms with Crippen LogP contribution in [0.15, 0.2) is 66.7 Å². The Morgan fingerprint density at radius 2 is 1.62 bits per heavy atom. The van der Waals surface area contributed by atoms with Crippen molar-refractivity contribution in [2.45, 2.75) is 6.61 Å². The summed E-state index contributed by atoms with van der Waals surface area (Å²) in [6.07, 6.45) is 0. The molecule has 0 aliphatic carbocycles. The molecule has 0 atom stereocenters. The van der Waals surface area contributed by atoms with Crippen LogP contribution in [0.4, 0.5) is 0 Å². The predicted molar refractivity (Wildman–Crippen MR) is 90.6 cm³/mol. The zero-order valence-corrected chi connectivity index (χ0v) is 12.3.